The number of carbonyl (C=O) groups excluding carboxylic acids is 2. The van der Waals surface area contributed by atoms with Gasteiger partial charge in [0, 0.05) is 38.1 Å². The zero-order valence-electron chi connectivity index (χ0n) is 12.8. The molecule has 3 fully saturated rings. The number of rotatable bonds is 3. The predicted molar refractivity (Wildman–Crippen MR) is 80.4 cm³/mol. The molecule has 1 saturated carbocycles. The first-order valence-electron chi connectivity index (χ1n) is 8.50. The number of nitrogens with two attached hydrogens (primary N) is 1. The van der Waals surface area contributed by atoms with E-state index in [1.165, 1.54) is 6.42 Å². The molecule has 0 aromatic heterocycles. The third kappa shape index (κ3) is 3.23. The molecule has 2 saturated heterocycles. The molecule has 2 N–H and O–H groups in total. The van der Waals surface area contributed by atoms with E-state index in [1.54, 1.807) is 0 Å². The molecule has 1 aliphatic carbocycles. The fourth-order valence-corrected chi connectivity index (χ4v) is 3.74. The van der Waals surface area contributed by atoms with Crippen molar-refractivity contribution in [2.75, 3.05) is 26.2 Å². The van der Waals surface area contributed by atoms with E-state index in [-0.39, 0.29) is 29.7 Å². The Morgan fingerprint density at radius 2 is 1.71 bits per heavy atom. The van der Waals surface area contributed by atoms with Gasteiger partial charge in [-0.05, 0) is 44.9 Å². The molecule has 21 heavy (non-hydrogen) atoms. The molecule has 0 spiro atoms. The summed E-state index contributed by atoms with van der Waals surface area (Å²) in [5.41, 5.74) is 5.83. The number of likely N-dealkylation sites (tertiary alicyclic amines) is 2. The van der Waals surface area contributed by atoms with Crippen molar-refractivity contribution in [3.05, 3.63) is 0 Å². The Bertz CT molecular complexity index is 408. The first-order valence-corrected chi connectivity index (χ1v) is 8.50. The Morgan fingerprint density at radius 3 is 2.43 bits per heavy atom. The summed E-state index contributed by atoms with van der Waals surface area (Å²) in [6, 6.07) is 0.209. The highest BCUT2D eigenvalue weighted by Gasteiger charge is 2.38. The fraction of sp³-hybridized carbons (Fsp3) is 0.875. The summed E-state index contributed by atoms with van der Waals surface area (Å²) in [7, 11) is 0. The van der Waals surface area contributed by atoms with Crippen LogP contribution in [0.2, 0.25) is 0 Å². The van der Waals surface area contributed by atoms with Gasteiger partial charge in [-0.2, -0.15) is 0 Å². The quantitative estimate of drug-likeness (QED) is 0.843. The molecule has 5 heteroatoms. The lowest BCUT2D eigenvalue weighted by molar-refractivity contribution is -0.144. The van der Waals surface area contributed by atoms with Crippen LogP contribution in [0.3, 0.4) is 0 Å². The lowest BCUT2D eigenvalue weighted by atomic mass is 9.93. The molecular weight excluding hydrogens is 266 g/mol. The van der Waals surface area contributed by atoms with Crippen LogP contribution in [-0.2, 0) is 9.59 Å². The third-order valence-electron chi connectivity index (χ3n) is 5.19. The molecule has 0 aromatic carbocycles. The van der Waals surface area contributed by atoms with E-state index < -0.39 is 0 Å². The third-order valence-corrected chi connectivity index (χ3v) is 5.19. The first kappa shape index (κ1) is 14.8. The molecule has 2 unspecified atom stereocenters. The number of piperidine rings is 2. The SMILES string of the molecule is NCC1CCCCN1C(=O)C1CCCN(C(=O)C2CC2)C1. The smallest absolute Gasteiger partial charge is 0.227 e. The molecule has 0 aromatic rings. The molecule has 3 rings (SSSR count). The van der Waals surface area contributed by atoms with Gasteiger partial charge in [-0.25, -0.2) is 0 Å². The highest BCUT2D eigenvalue weighted by molar-refractivity contribution is 5.83. The van der Waals surface area contributed by atoms with Crippen LogP contribution in [0, 0.1) is 11.8 Å². The highest BCUT2D eigenvalue weighted by Crippen LogP contribution is 2.33. The molecule has 3 aliphatic rings. The van der Waals surface area contributed by atoms with E-state index >= 15 is 0 Å². The lowest BCUT2D eigenvalue weighted by Gasteiger charge is -2.40. The van der Waals surface area contributed by atoms with Gasteiger partial charge >= 0.3 is 0 Å². The van der Waals surface area contributed by atoms with Gasteiger partial charge in [0.1, 0.15) is 0 Å². The van der Waals surface area contributed by atoms with Crippen molar-refractivity contribution in [3.8, 4) is 0 Å². The second-order valence-electron chi connectivity index (χ2n) is 6.81. The van der Waals surface area contributed by atoms with Gasteiger partial charge in [0.25, 0.3) is 0 Å². The van der Waals surface area contributed by atoms with Crippen molar-refractivity contribution in [2.24, 2.45) is 17.6 Å². The van der Waals surface area contributed by atoms with Crippen LogP contribution in [0.4, 0.5) is 0 Å². The van der Waals surface area contributed by atoms with Crippen LogP contribution in [0.25, 0.3) is 0 Å². The molecule has 118 valence electrons. The monoisotopic (exact) mass is 293 g/mol. The highest BCUT2D eigenvalue weighted by atomic mass is 16.2. The molecule has 2 aliphatic heterocycles. The maximum absolute atomic E-state index is 12.8. The number of amides is 2. The van der Waals surface area contributed by atoms with Gasteiger partial charge in [-0.1, -0.05) is 0 Å². The van der Waals surface area contributed by atoms with Crippen molar-refractivity contribution in [1.29, 1.82) is 0 Å². The minimum Gasteiger partial charge on any atom is -0.342 e. The predicted octanol–water partition coefficient (Wildman–Crippen LogP) is 0.975. The first-order chi connectivity index (χ1) is 10.2. The summed E-state index contributed by atoms with van der Waals surface area (Å²) in [4.78, 5) is 28.9. The second kappa shape index (κ2) is 6.34. The standard InChI is InChI=1S/C16H27N3O2/c17-10-14-5-1-2-9-19(14)16(21)13-4-3-8-18(11-13)15(20)12-6-7-12/h12-14H,1-11,17H2. The maximum atomic E-state index is 12.8. The van der Waals surface area contributed by atoms with Crippen molar-refractivity contribution in [1.82, 2.24) is 9.80 Å². The fourth-order valence-electron chi connectivity index (χ4n) is 3.74. The maximum Gasteiger partial charge on any atom is 0.227 e. The number of hydrogen-bond donors (Lipinski definition) is 1. The van der Waals surface area contributed by atoms with Crippen LogP contribution < -0.4 is 5.73 Å². The van der Waals surface area contributed by atoms with Gasteiger partial charge in [0.05, 0.1) is 5.92 Å². The van der Waals surface area contributed by atoms with Crippen molar-refractivity contribution >= 4 is 11.8 Å². The van der Waals surface area contributed by atoms with E-state index in [1.807, 2.05) is 9.80 Å². The van der Waals surface area contributed by atoms with Gasteiger partial charge in [-0.15, -0.1) is 0 Å². The Balaban J connectivity index is 1.61. The normalized spacial score (nSPS) is 30.3. The molecular formula is C16H27N3O2. The van der Waals surface area contributed by atoms with Gasteiger partial charge < -0.3 is 15.5 Å². The van der Waals surface area contributed by atoms with Crippen LogP contribution in [0.15, 0.2) is 0 Å². The molecule has 2 heterocycles. The van der Waals surface area contributed by atoms with Crippen molar-refractivity contribution in [3.63, 3.8) is 0 Å². The Hall–Kier alpha value is -1.10. The van der Waals surface area contributed by atoms with Gasteiger partial charge in [-0.3, -0.25) is 9.59 Å². The largest absolute Gasteiger partial charge is 0.342 e. The molecule has 0 bridgehead atoms. The second-order valence-corrected chi connectivity index (χ2v) is 6.81. The van der Waals surface area contributed by atoms with Crippen LogP contribution >= 0.6 is 0 Å². The van der Waals surface area contributed by atoms with Crippen molar-refractivity contribution in [2.45, 2.75) is 51.0 Å². The van der Waals surface area contributed by atoms with E-state index in [2.05, 4.69) is 0 Å². The zero-order valence-corrected chi connectivity index (χ0v) is 12.8. The Morgan fingerprint density at radius 1 is 0.905 bits per heavy atom. The summed E-state index contributed by atoms with van der Waals surface area (Å²) in [5, 5.41) is 0. The molecule has 0 radical (unpaired) electrons. The minimum absolute atomic E-state index is 0.00593. The topological polar surface area (TPSA) is 66.6 Å². The molecule has 2 atom stereocenters. The Labute approximate surface area is 126 Å². The zero-order chi connectivity index (χ0) is 14.8. The lowest BCUT2D eigenvalue weighted by Crippen LogP contribution is -2.53. The van der Waals surface area contributed by atoms with Crippen LogP contribution in [0.5, 0.6) is 0 Å². The van der Waals surface area contributed by atoms with E-state index in [9.17, 15) is 9.59 Å². The van der Waals surface area contributed by atoms with Crippen molar-refractivity contribution < 1.29 is 9.59 Å². The summed E-state index contributed by atoms with van der Waals surface area (Å²) >= 11 is 0. The average Bonchev–Trinajstić information content (AvgIpc) is 3.38. The summed E-state index contributed by atoms with van der Waals surface area (Å²) < 4.78 is 0. The summed E-state index contributed by atoms with van der Waals surface area (Å²) in [6.07, 6.45) is 7.23. The number of hydrogen-bond acceptors (Lipinski definition) is 3. The average molecular weight is 293 g/mol. The van der Waals surface area contributed by atoms with E-state index in [0.29, 0.717) is 13.1 Å². The summed E-state index contributed by atoms with van der Waals surface area (Å²) in [6.45, 7) is 2.86. The van der Waals surface area contributed by atoms with Gasteiger partial charge in [0.15, 0.2) is 0 Å². The number of carbonyl (C=O) groups is 2. The van der Waals surface area contributed by atoms with Crippen LogP contribution in [0.1, 0.15) is 44.9 Å². The number of nitrogens with zero attached hydrogens (tertiary/aromatic N) is 2. The van der Waals surface area contributed by atoms with E-state index in [4.69, 9.17) is 5.73 Å². The Kier molecular flexibility index (Phi) is 4.48. The van der Waals surface area contributed by atoms with E-state index in [0.717, 1.165) is 51.6 Å². The molecule has 5 nitrogen and oxygen atoms in total. The van der Waals surface area contributed by atoms with Crippen LogP contribution in [-0.4, -0.2) is 53.8 Å². The summed E-state index contributed by atoms with van der Waals surface area (Å²) in [5.74, 6) is 0.763. The molecule has 2 amide bonds. The minimum atomic E-state index is -0.00593. The van der Waals surface area contributed by atoms with Gasteiger partial charge in [0.2, 0.25) is 11.8 Å².